The summed E-state index contributed by atoms with van der Waals surface area (Å²) in [6.45, 7) is 0. The van der Waals surface area contributed by atoms with Gasteiger partial charge in [0, 0.05) is 11.8 Å². The third-order valence-corrected chi connectivity index (χ3v) is 3.66. The van der Waals surface area contributed by atoms with Crippen LogP contribution in [0, 0.1) is 0 Å². The smallest absolute Gasteiger partial charge is 0.252 e. The van der Waals surface area contributed by atoms with Crippen LogP contribution >= 0.6 is 0 Å². The van der Waals surface area contributed by atoms with Crippen molar-refractivity contribution >= 4 is 22.7 Å². The molecule has 1 atom stereocenters. The molecule has 0 unspecified atom stereocenters. The van der Waals surface area contributed by atoms with Crippen LogP contribution in [0.15, 0.2) is 54.7 Å². The standard InChI is InChI=1S/C17H16N4O2/c18-16(22)15(9-11-5-2-1-3-6-11)20-17(23)12-7-4-8-14-13(12)10-19-21-14/h1-8,10,15H,9H2,(H2,18,22)(H,19,21)(H,20,23)/t15-/m0/s1. The molecule has 0 aliphatic carbocycles. The number of nitrogens with two attached hydrogens (primary N) is 1. The number of carbonyl (C=O) groups is 2. The van der Waals surface area contributed by atoms with Gasteiger partial charge in [0.1, 0.15) is 6.04 Å². The van der Waals surface area contributed by atoms with E-state index in [1.807, 2.05) is 36.4 Å². The number of benzene rings is 2. The molecule has 1 aromatic heterocycles. The number of amides is 2. The van der Waals surface area contributed by atoms with Gasteiger partial charge in [-0.1, -0.05) is 36.4 Å². The molecule has 0 radical (unpaired) electrons. The molecule has 0 aliphatic heterocycles. The third kappa shape index (κ3) is 3.21. The third-order valence-electron chi connectivity index (χ3n) is 3.66. The van der Waals surface area contributed by atoms with Gasteiger partial charge in [-0.2, -0.15) is 5.10 Å². The quantitative estimate of drug-likeness (QED) is 0.664. The average molecular weight is 308 g/mol. The van der Waals surface area contributed by atoms with E-state index in [9.17, 15) is 9.59 Å². The zero-order valence-corrected chi connectivity index (χ0v) is 12.3. The number of aromatic nitrogens is 2. The molecule has 2 aromatic carbocycles. The van der Waals surface area contributed by atoms with Crippen molar-refractivity contribution in [3.05, 3.63) is 65.9 Å². The number of aromatic amines is 1. The maximum atomic E-state index is 12.5. The topological polar surface area (TPSA) is 101 Å². The molecule has 3 aromatic rings. The van der Waals surface area contributed by atoms with Gasteiger partial charge in [0.15, 0.2) is 0 Å². The van der Waals surface area contributed by atoms with Crippen LogP contribution in [0.1, 0.15) is 15.9 Å². The Balaban J connectivity index is 1.81. The number of hydrogen-bond donors (Lipinski definition) is 3. The normalized spacial score (nSPS) is 12.0. The van der Waals surface area contributed by atoms with E-state index in [2.05, 4.69) is 15.5 Å². The summed E-state index contributed by atoms with van der Waals surface area (Å²) >= 11 is 0. The maximum Gasteiger partial charge on any atom is 0.252 e. The zero-order valence-electron chi connectivity index (χ0n) is 12.3. The Morgan fingerprint density at radius 1 is 1.13 bits per heavy atom. The van der Waals surface area contributed by atoms with E-state index in [0.29, 0.717) is 17.4 Å². The van der Waals surface area contributed by atoms with Gasteiger partial charge in [-0.3, -0.25) is 14.7 Å². The fourth-order valence-corrected chi connectivity index (χ4v) is 2.47. The maximum absolute atomic E-state index is 12.5. The molecule has 0 spiro atoms. The van der Waals surface area contributed by atoms with Crippen LogP contribution in [0.5, 0.6) is 0 Å². The number of H-pyrrole nitrogens is 1. The molecule has 6 nitrogen and oxygen atoms in total. The minimum Gasteiger partial charge on any atom is -0.368 e. The second-order valence-electron chi connectivity index (χ2n) is 5.25. The molecule has 116 valence electrons. The van der Waals surface area contributed by atoms with Gasteiger partial charge in [0.2, 0.25) is 5.91 Å². The average Bonchev–Trinajstić information content (AvgIpc) is 3.03. The molecular weight excluding hydrogens is 292 g/mol. The summed E-state index contributed by atoms with van der Waals surface area (Å²) in [6, 6.07) is 13.9. The van der Waals surface area contributed by atoms with E-state index in [-0.39, 0.29) is 5.91 Å². The van der Waals surface area contributed by atoms with Crippen LogP contribution in [0.25, 0.3) is 10.9 Å². The van der Waals surface area contributed by atoms with Crippen molar-refractivity contribution in [2.24, 2.45) is 5.73 Å². The van der Waals surface area contributed by atoms with E-state index >= 15 is 0 Å². The summed E-state index contributed by atoms with van der Waals surface area (Å²) in [5.74, 6) is -0.918. The lowest BCUT2D eigenvalue weighted by Gasteiger charge is -2.16. The van der Waals surface area contributed by atoms with Crippen LogP contribution in [0.3, 0.4) is 0 Å². The van der Waals surface area contributed by atoms with E-state index in [0.717, 1.165) is 11.1 Å². The summed E-state index contributed by atoms with van der Waals surface area (Å²) in [4.78, 5) is 24.2. The highest BCUT2D eigenvalue weighted by molar-refractivity contribution is 6.07. The van der Waals surface area contributed by atoms with Gasteiger partial charge < -0.3 is 11.1 Å². The Morgan fingerprint density at radius 2 is 1.91 bits per heavy atom. The van der Waals surface area contributed by atoms with Crippen molar-refractivity contribution in [2.75, 3.05) is 0 Å². The van der Waals surface area contributed by atoms with Crippen molar-refractivity contribution in [3.8, 4) is 0 Å². The van der Waals surface area contributed by atoms with Gasteiger partial charge in [-0.25, -0.2) is 0 Å². The lowest BCUT2D eigenvalue weighted by atomic mass is 10.0. The van der Waals surface area contributed by atoms with Crippen LogP contribution in [0.2, 0.25) is 0 Å². The van der Waals surface area contributed by atoms with Crippen molar-refractivity contribution < 1.29 is 9.59 Å². The van der Waals surface area contributed by atoms with Crippen molar-refractivity contribution in [1.82, 2.24) is 15.5 Å². The minimum absolute atomic E-state index is 0.350. The largest absolute Gasteiger partial charge is 0.368 e. The lowest BCUT2D eigenvalue weighted by molar-refractivity contribution is -0.119. The fourth-order valence-electron chi connectivity index (χ4n) is 2.47. The molecule has 3 rings (SSSR count). The number of hydrogen-bond acceptors (Lipinski definition) is 3. The van der Waals surface area contributed by atoms with E-state index < -0.39 is 11.9 Å². The number of carbonyl (C=O) groups excluding carboxylic acids is 2. The van der Waals surface area contributed by atoms with Gasteiger partial charge in [-0.15, -0.1) is 0 Å². The summed E-state index contributed by atoms with van der Waals surface area (Å²) in [7, 11) is 0. The van der Waals surface area contributed by atoms with E-state index in [1.165, 1.54) is 0 Å². The minimum atomic E-state index is -0.771. The molecular formula is C17H16N4O2. The van der Waals surface area contributed by atoms with Crippen molar-refractivity contribution in [2.45, 2.75) is 12.5 Å². The summed E-state index contributed by atoms with van der Waals surface area (Å²) in [5.41, 5.74) is 7.57. The Labute approximate surface area is 132 Å². The van der Waals surface area contributed by atoms with Crippen LogP contribution < -0.4 is 11.1 Å². The molecule has 4 N–H and O–H groups in total. The highest BCUT2D eigenvalue weighted by Crippen LogP contribution is 2.16. The predicted octanol–water partition coefficient (Wildman–Crippen LogP) is 1.39. The van der Waals surface area contributed by atoms with Crippen LogP contribution in [-0.4, -0.2) is 28.1 Å². The molecule has 23 heavy (non-hydrogen) atoms. The predicted molar refractivity (Wildman–Crippen MR) is 86.7 cm³/mol. The number of nitrogens with one attached hydrogen (secondary N) is 2. The first kappa shape index (κ1) is 14.8. The fraction of sp³-hybridized carbons (Fsp3) is 0.118. The van der Waals surface area contributed by atoms with Gasteiger partial charge in [-0.05, 0) is 17.7 Å². The second kappa shape index (κ2) is 6.31. The molecule has 0 saturated carbocycles. The number of rotatable bonds is 5. The molecule has 0 bridgehead atoms. The number of primary amides is 1. The second-order valence-corrected chi connectivity index (χ2v) is 5.25. The molecule has 6 heteroatoms. The summed E-state index contributed by atoms with van der Waals surface area (Å²) in [5, 5.41) is 10.1. The van der Waals surface area contributed by atoms with Crippen molar-refractivity contribution in [3.63, 3.8) is 0 Å². The van der Waals surface area contributed by atoms with Gasteiger partial charge >= 0.3 is 0 Å². The highest BCUT2D eigenvalue weighted by atomic mass is 16.2. The highest BCUT2D eigenvalue weighted by Gasteiger charge is 2.20. The lowest BCUT2D eigenvalue weighted by Crippen LogP contribution is -2.45. The van der Waals surface area contributed by atoms with Gasteiger partial charge in [0.25, 0.3) is 5.91 Å². The summed E-state index contributed by atoms with van der Waals surface area (Å²) in [6.07, 6.45) is 1.93. The SMILES string of the molecule is NC(=O)[C@H](Cc1ccccc1)NC(=O)c1cccc2[nH]ncc12. The van der Waals surface area contributed by atoms with Crippen LogP contribution in [-0.2, 0) is 11.2 Å². The Hall–Kier alpha value is -3.15. The number of fused-ring (bicyclic) bond motifs is 1. The molecule has 2 amide bonds. The van der Waals surface area contributed by atoms with Crippen LogP contribution in [0.4, 0.5) is 0 Å². The number of nitrogens with zero attached hydrogens (tertiary/aromatic N) is 1. The van der Waals surface area contributed by atoms with Gasteiger partial charge in [0.05, 0.1) is 17.3 Å². The van der Waals surface area contributed by atoms with E-state index in [1.54, 1.807) is 18.3 Å². The molecule has 0 saturated heterocycles. The first-order valence-corrected chi connectivity index (χ1v) is 7.21. The Bertz CT molecular complexity index is 842. The zero-order chi connectivity index (χ0) is 16.2. The molecule has 0 aliphatic rings. The van der Waals surface area contributed by atoms with E-state index in [4.69, 9.17) is 5.73 Å². The monoisotopic (exact) mass is 308 g/mol. The van der Waals surface area contributed by atoms with Crippen molar-refractivity contribution in [1.29, 1.82) is 0 Å². The molecule has 0 fully saturated rings. The Kier molecular flexibility index (Phi) is 4.05. The first-order valence-electron chi connectivity index (χ1n) is 7.21. The molecule has 1 heterocycles. The Morgan fingerprint density at radius 3 is 2.65 bits per heavy atom. The first-order chi connectivity index (χ1) is 11.1. The summed E-state index contributed by atoms with van der Waals surface area (Å²) < 4.78 is 0.